The van der Waals surface area contributed by atoms with Crippen molar-refractivity contribution in [3.63, 3.8) is 0 Å². The molecule has 0 bridgehead atoms. The average Bonchev–Trinajstić information content (AvgIpc) is 3.12. The van der Waals surface area contributed by atoms with Crippen LogP contribution >= 0.6 is 0 Å². The average molecular weight is 397 g/mol. The molecule has 0 fully saturated rings. The van der Waals surface area contributed by atoms with Crippen molar-refractivity contribution >= 4 is 16.9 Å². The highest BCUT2D eigenvalue weighted by Crippen LogP contribution is 2.40. The first-order valence-electron chi connectivity index (χ1n) is 11.6. The molecule has 148 valence electrons. The van der Waals surface area contributed by atoms with Gasteiger partial charge in [-0.25, -0.2) is 9.78 Å². The van der Waals surface area contributed by atoms with Crippen LogP contribution in [0, 0.1) is 0 Å². The van der Waals surface area contributed by atoms with Gasteiger partial charge in [-0.1, -0.05) is 13.8 Å². The Labute approximate surface area is 173 Å². The van der Waals surface area contributed by atoms with Crippen molar-refractivity contribution in [1.82, 2.24) is 9.55 Å². The molecule has 1 aromatic carbocycles. The van der Waals surface area contributed by atoms with Gasteiger partial charge in [0.15, 0.2) is 5.60 Å². The molecular formula is C22H20N2O5. The van der Waals surface area contributed by atoms with Crippen LogP contribution in [0.4, 0.5) is 0 Å². The fourth-order valence-corrected chi connectivity index (χ4v) is 4.21. The van der Waals surface area contributed by atoms with Crippen molar-refractivity contribution in [3.8, 4) is 17.1 Å². The van der Waals surface area contributed by atoms with Gasteiger partial charge >= 0.3 is 5.97 Å². The van der Waals surface area contributed by atoms with Gasteiger partial charge in [-0.3, -0.25) is 4.79 Å². The van der Waals surface area contributed by atoms with Crippen LogP contribution in [0.25, 0.3) is 22.3 Å². The van der Waals surface area contributed by atoms with Gasteiger partial charge in [-0.05, 0) is 42.6 Å². The van der Waals surface area contributed by atoms with Crippen molar-refractivity contribution in [1.29, 1.82) is 0 Å². The van der Waals surface area contributed by atoms with E-state index in [1.165, 1.54) is 28.8 Å². The Bertz CT molecular complexity index is 1460. The Balaban J connectivity index is 1.88. The zero-order valence-corrected chi connectivity index (χ0v) is 15.4. The molecule has 3 aromatic rings. The third kappa shape index (κ3) is 2.25. The molecule has 0 spiro atoms. The van der Waals surface area contributed by atoms with Crippen molar-refractivity contribution in [3.05, 3.63) is 56.9 Å². The number of carbonyl (C=O) groups excluding carboxylic acids is 1. The molecule has 0 saturated heterocycles. The molecular weight excluding hydrogens is 372 g/mol. The largest absolute Gasteiger partial charge is 0.508 e. The summed E-state index contributed by atoms with van der Waals surface area (Å²) in [4.78, 5) is 30.3. The Morgan fingerprint density at radius 2 is 2.17 bits per heavy atom. The number of carbonyl (C=O) groups is 1. The molecule has 4 heterocycles. The molecule has 1 atom stereocenters. The van der Waals surface area contributed by atoms with E-state index in [2.05, 4.69) is 4.98 Å². The summed E-state index contributed by atoms with van der Waals surface area (Å²) >= 11 is 0. The number of nitrogens with zero attached hydrogens (tertiary/aromatic N) is 2. The second-order valence-corrected chi connectivity index (χ2v) is 7.24. The van der Waals surface area contributed by atoms with Crippen LogP contribution in [0.3, 0.4) is 0 Å². The second kappa shape index (κ2) is 5.90. The predicted molar refractivity (Wildman–Crippen MR) is 106 cm³/mol. The van der Waals surface area contributed by atoms with E-state index in [-0.39, 0.29) is 69.9 Å². The van der Waals surface area contributed by atoms with Gasteiger partial charge in [-0.15, -0.1) is 0 Å². The first-order valence-corrected chi connectivity index (χ1v) is 9.14. The van der Waals surface area contributed by atoms with E-state index < -0.39 is 30.4 Å². The number of phenolic OH excluding ortho intramolecular Hbond substituents is 1. The summed E-state index contributed by atoms with van der Waals surface area (Å²) in [7, 11) is 0. The summed E-state index contributed by atoms with van der Waals surface area (Å²) < 4.78 is 46.8. The van der Waals surface area contributed by atoms with Crippen LogP contribution in [0.2, 0.25) is 0 Å². The fourth-order valence-electron chi connectivity index (χ4n) is 4.21. The number of benzene rings is 1. The van der Waals surface area contributed by atoms with E-state index in [1.54, 1.807) is 6.92 Å². The number of aromatic nitrogens is 2. The number of ether oxygens (including phenoxy) is 1. The first kappa shape index (κ1) is 13.1. The lowest BCUT2D eigenvalue weighted by Crippen LogP contribution is -2.44. The number of phenols is 1. The molecule has 0 radical (unpaired) electrons. The van der Waals surface area contributed by atoms with Crippen LogP contribution in [-0.2, 0) is 34.7 Å². The summed E-state index contributed by atoms with van der Waals surface area (Å²) in [5.74, 6) is -1.06. The molecule has 29 heavy (non-hydrogen) atoms. The Morgan fingerprint density at radius 3 is 2.93 bits per heavy atom. The zero-order valence-electron chi connectivity index (χ0n) is 20.4. The zero-order chi connectivity index (χ0) is 24.8. The molecule has 2 aliphatic rings. The molecule has 2 aliphatic heterocycles. The second-order valence-electron chi connectivity index (χ2n) is 7.24. The Hall–Kier alpha value is -3.19. The van der Waals surface area contributed by atoms with E-state index in [0.29, 0.717) is 0 Å². The van der Waals surface area contributed by atoms with E-state index in [9.17, 15) is 19.8 Å². The number of rotatable bonds is 2. The van der Waals surface area contributed by atoms with Gasteiger partial charge in [0.05, 0.1) is 29.0 Å². The third-order valence-corrected chi connectivity index (χ3v) is 5.80. The Kier molecular flexibility index (Phi) is 2.67. The number of hydrogen-bond donors (Lipinski definition) is 2. The quantitative estimate of drug-likeness (QED) is 0.504. The molecule has 2 N–H and O–H groups in total. The van der Waals surface area contributed by atoms with Crippen molar-refractivity contribution in [2.75, 3.05) is 0 Å². The SMILES string of the molecule is [2H]C([2H])([2H])C([2H])([2H])c1c2c(nc3ccc(O)cc13)-c1cc3c(c(=O)n1C2)COC(=O)[C@]3(O)CC. The van der Waals surface area contributed by atoms with Crippen LogP contribution in [0.5, 0.6) is 5.75 Å². The van der Waals surface area contributed by atoms with E-state index in [1.807, 2.05) is 0 Å². The number of aryl methyl sites for hydroxylation is 1. The first-order chi connectivity index (χ1) is 15.8. The molecule has 0 aliphatic carbocycles. The minimum Gasteiger partial charge on any atom is -0.508 e. The molecule has 0 saturated carbocycles. The monoisotopic (exact) mass is 397 g/mol. The highest BCUT2D eigenvalue weighted by atomic mass is 16.6. The highest BCUT2D eigenvalue weighted by molar-refractivity contribution is 5.89. The summed E-state index contributed by atoms with van der Waals surface area (Å²) in [5.41, 5.74) is -1.74. The predicted octanol–water partition coefficient (Wildman–Crippen LogP) is 2.35. The lowest BCUT2D eigenvalue weighted by Gasteiger charge is -2.31. The summed E-state index contributed by atoms with van der Waals surface area (Å²) in [6, 6.07) is 5.50. The van der Waals surface area contributed by atoms with Crippen LogP contribution in [-0.4, -0.2) is 25.7 Å². The topological polar surface area (TPSA) is 102 Å². The number of esters is 1. The minimum absolute atomic E-state index is 0.0359. The van der Waals surface area contributed by atoms with Gasteiger partial charge < -0.3 is 19.5 Å². The van der Waals surface area contributed by atoms with Crippen LogP contribution < -0.4 is 5.56 Å². The van der Waals surface area contributed by atoms with Gasteiger partial charge in [0.1, 0.15) is 12.4 Å². The van der Waals surface area contributed by atoms with E-state index in [4.69, 9.17) is 11.6 Å². The van der Waals surface area contributed by atoms with Crippen molar-refractivity contribution in [2.45, 2.75) is 45.3 Å². The minimum atomic E-state index is -3.05. The Morgan fingerprint density at radius 1 is 1.34 bits per heavy atom. The third-order valence-electron chi connectivity index (χ3n) is 5.80. The standard InChI is InChI=1S/C22H20N2O5/c1-3-12-13-7-11(25)5-6-17(13)23-19-14(12)9-24-18(19)8-16-15(20(24)26)10-29-21(27)22(16,28)4-2/h5-8,25,28H,3-4,9-10H2,1-2H3/t22-/m0/s1/i1D3,3D2. The smallest absolute Gasteiger partial charge is 0.343 e. The van der Waals surface area contributed by atoms with Gasteiger partial charge in [0, 0.05) is 23.4 Å². The molecule has 5 rings (SSSR count). The van der Waals surface area contributed by atoms with Crippen molar-refractivity contribution < 1.29 is 26.6 Å². The lowest BCUT2D eigenvalue weighted by molar-refractivity contribution is -0.172. The van der Waals surface area contributed by atoms with Crippen LogP contribution in [0.15, 0.2) is 29.1 Å². The number of aliphatic hydroxyl groups is 1. The normalized spacial score (nSPS) is 23.1. The number of fused-ring (bicyclic) bond motifs is 5. The molecule has 7 nitrogen and oxygen atoms in total. The molecule has 2 aromatic heterocycles. The summed E-state index contributed by atoms with van der Waals surface area (Å²) in [6.45, 7) is -1.96. The number of aromatic hydroxyl groups is 1. The summed E-state index contributed by atoms with van der Waals surface area (Å²) in [6.07, 6.45) is -2.87. The van der Waals surface area contributed by atoms with Gasteiger partial charge in [0.25, 0.3) is 5.56 Å². The van der Waals surface area contributed by atoms with Gasteiger partial charge in [0.2, 0.25) is 0 Å². The number of hydrogen-bond acceptors (Lipinski definition) is 6. The maximum absolute atomic E-state index is 13.4. The molecule has 0 unspecified atom stereocenters. The molecule has 0 amide bonds. The number of cyclic esters (lactones) is 1. The highest BCUT2D eigenvalue weighted by Gasteiger charge is 2.45. The maximum Gasteiger partial charge on any atom is 0.343 e. The van der Waals surface area contributed by atoms with Gasteiger partial charge in [-0.2, -0.15) is 0 Å². The summed E-state index contributed by atoms with van der Waals surface area (Å²) in [5, 5.41) is 21.1. The lowest BCUT2D eigenvalue weighted by atomic mass is 9.86. The molecule has 7 heteroatoms. The van der Waals surface area contributed by atoms with E-state index >= 15 is 0 Å². The van der Waals surface area contributed by atoms with Crippen molar-refractivity contribution in [2.24, 2.45) is 0 Å². The maximum atomic E-state index is 13.4. The van der Waals surface area contributed by atoms with E-state index in [0.717, 1.165) is 0 Å². The van der Waals surface area contributed by atoms with Crippen LogP contribution in [0.1, 0.15) is 49.3 Å². The fraction of sp³-hybridized carbons (Fsp3) is 0.318. The number of pyridine rings is 2.